The number of carbonyl (C=O) groups excluding carboxylic acids is 1. The third-order valence-electron chi connectivity index (χ3n) is 4.40. The fraction of sp³-hybridized carbons (Fsp3) is 0.444. The van der Waals surface area contributed by atoms with Crippen molar-refractivity contribution in [2.75, 3.05) is 6.54 Å². The summed E-state index contributed by atoms with van der Waals surface area (Å²) in [7, 11) is 0. The van der Waals surface area contributed by atoms with Gasteiger partial charge >= 0.3 is 0 Å². The lowest BCUT2D eigenvalue weighted by atomic mass is 9.87. The van der Waals surface area contributed by atoms with E-state index in [9.17, 15) is 9.90 Å². The highest BCUT2D eigenvalue weighted by molar-refractivity contribution is 5.78. The molecule has 132 valence electrons. The molecule has 7 nitrogen and oxygen atoms in total. The highest BCUT2D eigenvalue weighted by Crippen LogP contribution is 2.43. The van der Waals surface area contributed by atoms with Gasteiger partial charge in [0, 0.05) is 12.1 Å². The molecule has 0 aliphatic carbocycles. The normalized spacial score (nSPS) is 24.4. The van der Waals surface area contributed by atoms with Crippen LogP contribution in [0.5, 0.6) is 5.75 Å². The molecule has 3 rings (SSSR count). The Morgan fingerprint density at radius 1 is 1.52 bits per heavy atom. The van der Waals surface area contributed by atoms with E-state index in [0.29, 0.717) is 29.3 Å². The predicted octanol–water partition coefficient (Wildman–Crippen LogP) is 1.75. The number of hydrazine groups is 1. The van der Waals surface area contributed by atoms with Gasteiger partial charge in [-0.25, -0.2) is 0 Å². The molecule has 0 fully saturated rings. The number of carbonyl (C=O) groups is 1. The van der Waals surface area contributed by atoms with Crippen LogP contribution in [0.25, 0.3) is 0 Å². The van der Waals surface area contributed by atoms with Crippen molar-refractivity contribution >= 4 is 5.91 Å². The molecule has 0 bridgehead atoms. The van der Waals surface area contributed by atoms with Gasteiger partial charge in [0.25, 0.3) is 0 Å². The van der Waals surface area contributed by atoms with Crippen LogP contribution >= 0.6 is 0 Å². The largest absolute Gasteiger partial charge is 0.485 e. The number of nitriles is 1. The van der Waals surface area contributed by atoms with Gasteiger partial charge in [0.15, 0.2) is 6.10 Å². The summed E-state index contributed by atoms with van der Waals surface area (Å²) in [5, 5.41) is 21.4. The summed E-state index contributed by atoms with van der Waals surface area (Å²) in [6.45, 7) is 5.91. The molecule has 0 radical (unpaired) electrons. The zero-order chi connectivity index (χ0) is 18.2. The molecule has 7 heteroatoms. The van der Waals surface area contributed by atoms with Crippen molar-refractivity contribution in [1.29, 1.82) is 5.26 Å². The number of aliphatic hydroxyl groups is 1. The van der Waals surface area contributed by atoms with E-state index >= 15 is 0 Å². The Balaban J connectivity index is 1.94. The first-order valence-corrected chi connectivity index (χ1v) is 8.20. The summed E-state index contributed by atoms with van der Waals surface area (Å²) < 4.78 is 11.9. The minimum absolute atomic E-state index is 0.0464. The highest BCUT2D eigenvalue weighted by Gasteiger charge is 2.45. The summed E-state index contributed by atoms with van der Waals surface area (Å²) in [4.78, 5) is 11.8. The molecule has 1 amide bonds. The first-order valence-electron chi connectivity index (χ1n) is 8.20. The number of rotatable bonds is 3. The molecule has 1 aromatic rings. The van der Waals surface area contributed by atoms with Crippen LogP contribution in [0.1, 0.15) is 44.4 Å². The van der Waals surface area contributed by atoms with E-state index in [1.54, 1.807) is 38.1 Å². The molecular formula is C18H21N3O4. The lowest BCUT2D eigenvalue weighted by Gasteiger charge is -2.42. The zero-order valence-electron chi connectivity index (χ0n) is 14.4. The molecule has 0 saturated heterocycles. The SMILES string of the molecule is CCN1NC(OC2c3cc(C#N)ccc3OC(C)(C)C2O)=CCC1=O. The first kappa shape index (κ1) is 17.1. The number of nitrogens with one attached hydrogen (secondary N) is 1. The van der Waals surface area contributed by atoms with Crippen molar-refractivity contribution in [1.82, 2.24) is 10.4 Å². The van der Waals surface area contributed by atoms with E-state index in [1.807, 2.05) is 6.92 Å². The maximum atomic E-state index is 11.8. The predicted molar refractivity (Wildman–Crippen MR) is 88.9 cm³/mol. The molecule has 0 spiro atoms. The molecule has 2 unspecified atom stereocenters. The molecular weight excluding hydrogens is 322 g/mol. The first-order chi connectivity index (χ1) is 11.9. The number of hydrogen-bond donors (Lipinski definition) is 2. The number of benzene rings is 1. The summed E-state index contributed by atoms with van der Waals surface area (Å²) in [6.07, 6.45) is 0.198. The molecule has 2 heterocycles. The van der Waals surface area contributed by atoms with Crippen LogP contribution in [0.2, 0.25) is 0 Å². The lowest BCUT2D eigenvalue weighted by Crippen LogP contribution is -2.51. The Kier molecular flexibility index (Phi) is 4.31. The van der Waals surface area contributed by atoms with Crippen LogP contribution in [0.3, 0.4) is 0 Å². The zero-order valence-corrected chi connectivity index (χ0v) is 14.4. The Bertz CT molecular complexity index is 766. The maximum absolute atomic E-state index is 11.8. The molecule has 0 aromatic heterocycles. The third-order valence-corrected chi connectivity index (χ3v) is 4.40. The minimum Gasteiger partial charge on any atom is -0.485 e. The van der Waals surface area contributed by atoms with Crippen LogP contribution in [0, 0.1) is 11.3 Å². The number of fused-ring (bicyclic) bond motifs is 1. The van der Waals surface area contributed by atoms with Crippen molar-refractivity contribution < 1.29 is 19.4 Å². The van der Waals surface area contributed by atoms with Gasteiger partial charge in [-0.3, -0.25) is 15.2 Å². The van der Waals surface area contributed by atoms with Crippen molar-refractivity contribution in [2.45, 2.75) is 45.0 Å². The fourth-order valence-corrected chi connectivity index (χ4v) is 2.94. The lowest BCUT2D eigenvalue weighted by molar-refractivity contribution is -0.141. The van der Waals surface area contributed by atoms with Gasteiger partial charge in [-0.1, -0.05) is 0 Å². The van der Waals surface area contributed by atoms with Gasteiger partial charge in [-0.2, -0.15) is 5.26 Å². The standard InChI is InChI=1S/C18H21N3O4/c1-4-21-15(22)8-7-14(20-21)24-16-12-9-11(10-19)5-6-13(12)25-18(2,3)17(16)23/h5-7,9,16-17,20,23H,4,8H2,1-3H3. The monoisotopic (exact) mass is 343 g/mol. The van der Waals surface area contributed by atoms with Gasteiger partial charge in [0.05, 0.1) is 18.1 Å². The van der Waals surface area contributed by atoms with Crippen LogP contribution < -0.4 is 10.2 Å². The molecule has 25 heavy (non-hydrogen) atoms. The van der Waals surface area contributed by atoms with Crippen molar-refractivity contribution in [2.24, 2.45) is 0 Å². The number of ether oxygens (including phenoxy) is 2. The van der Waals surface area contributed by atoms with Crippen LogP contribution in [-0.2, 0) is 9.53 Å². The molecule has 2 N–H and O–H groups in total. The van der Waals surface area contributed by atoms with Crippen LogP contribution in [-0.4, -0.2) is 34.3 Å². The summed E-state index contributed by atoms with van der Waals surface area (Å²) in [5.74, 6) is 0.922. The molecule has 1 aromatic carbocycles. The Hall–Kier alpha value is -2.72. The van der Waals surface area contributed by atoms with Gasteiger partial charge in [0.1, 0.15) is 17.5 Å². The van der Waals surface area contributed by atoms with E-state index in [4.69, 9.17) is 14.7 Å². The number of aliphatic hydroxyl groups excluding tert-OH is 1. The molecule has 2 atom stereocenters. The number of hydrogen-bond acceptors (Lipinski definition) is 6. The smallest absolute Gasteiger partial charge is 0.244 e. The minimum atomic E-state index is -0.954. The van der Waals surface area contributed by atoms with E-state index in [-0.39, 0.29) is 12.3 Å². The molecule has 0 saturated carbocycles. The van der Waals surface area contributed by atoms with E-state index in [2.05, 4.69) is 11.5 Å². The van der Waals surface area contributed by atoms with Gasteiger partial charge < -0.3 is 14.6 Å². The quantitative estimate of drug-likeness (QED) is 0.868. The number of amides is 1. The Labute approximate surface area is 146 Å². The fourth-order valence-electron chi connectivity index (χ4n) is 2.94. The van der Waals surface area contributed by atoms with Crippen molar-refractivity contribution in [3.05, 3.63) is 41.3 Å². The van der Waals surface area contributed by atoms with Gasteiger partial charge in [-0.15, -0.1) is 0 Å². The Morgan fingerprint density at radius 2 is 2.28 bits per heavy atom. The summed E-state index contributed by atoms with van der Waals surface area (Å²) in [6, 6.07) is 7.12. The van der Waals surface area contributed by atoms with E-state index in [1.165, 1.54) is 5.01 Å². The average Bonchev–Trinajstić information content (AvgIpc) is 2.59. The highest BCUT2D eigenvalue weighted by atomic mass is 16.6. The maximum Gasteiger partial charge on any atom is 0.244 e. The van der Waals surface area contributed by atoms with Gasteiger partial charge in [0.2, 0.25) is 11.8 Å². The van der Waals surface area contributed by atoms with Crippen LogP contribution in [0.4, 0.5) is 0 Å². The number of nitrogens with zero attached hydrogens (tertiary/aromatic N) is 2. The van der Waals surface area contributed by atoms with E-state index < -0.39 is 17.8 Å². The van der Waals surface area contributed by atoms with Crippen molar-refractivity contribution in [3.63, 3.8) is 0 Å². The van der Waals surface area contributed by atoms with Gasteiger partial charge in [-0.05, 0) is 45.0 Å². The van der Waals surface area contributed by atoms with Crippen LogP contribution in [0.15, 0.2) is 30.2 Å². The van der Waals surface area contributed by atoms with Crippen molar-refractivity contribution in [3.8, 4) is 11.8 Å². The second-order valence-corrected chi connectivity index (χ2v) is 6.58. The summed E-state index contributed by atoms with van der Waals surface area (Å²) >= 11 is 0. The molecule has 2 aliphatic rings. The Morgan fingerprint density at radius 3 is 2.96 bits per heavy atom. The second-order valence-electron chi connectivity index (χ2n) is 6.58. The van der Waals surface area contributed by atoms with E-state index in [0.717, 1.165) is 0 Å². The average molecular weight is 343 g/mol. The second kappa shape index (κ2) is 6.30. The topological polar surface area (TPSA) is 94.8 Å². The summed E-state index contributed by atoms with van der Waals surface area (Å²) in [5.41, 5.74) is 3.12. The molecule has 2 aliphatic heterocycles. The third kappa shape index (κ3) is 3.13.